The van der Waals surface area contributed by atoms with E-state index in [0.29, 0.717) is 43.6 Å². The Kier molecular flexibility index (Phi) is 28.6. The number of hydrogen-bond donors (Lipinski definition) is 5. The number of aliphatic hydroxyl groups excluding tert-OH is 3. The first-order valence-corrected chi connectivity index (χ1v) is 17.1. The molecule has 1 saturated heterocycles. The summed E-state index contributed by atoms with van der Waals surface area (Å²) in [6.45, 7) is 25.3. The van der Waals surface area contributed by atoms with Crippen molar-refractivity contribution in [1.29, 1.82) is 0 Å². The zero-order valence-corrected chi connectivity index (χ0v) is 30.1. The molecule has 0 aromatic carbocycles. The first-order chi connectivity index (χ1) is 19.2. The Morgan fingerprint density at radius 2 is 1.46 bits per heavy atom. The van der Waals surface area contributed by atoms with Crippen molar-refractivity contribution in [2.45, 2.75) is 152 Å². The van der Waals surface area contributed by atoms with Gasteiger partial charge in [0.05, 0.1) is 30.3 Å². The fourth-order valence-electron chi connectivity index (χ4n) is 5.37. The maximum Gasteiger partial charge on any atom is 0.309 e. The first kappa shape index (κ1) is 45.1. The van der Waals surface area contributed by atoms with E-state index in [0.717, 1.165) is 12.8 Å². The molecule has 0 aromatic heterocycles. The highest BCUT2D eigenvalue weighted by Gasteiger charge is 2.35. The van der Waals surface area contributed by atoms with Gasteiger partial charge in [-0.15, -0.1) is 0 Å². The number of carbonyl (C=O) groups is 1. The van der Waals surface area contributed by atoms with Crippen LogP contribution >= 0.6 is 12.6 Å². The quantitative estimate of drug-likeness (QED) is 0.153. The Labute approximate surface area is 260 Å². The third kappa shape index (κ3) is 17.5. The van der Waals surface area contributed by atoms with E-state index in [1.807, 2.05) is 55.5 Å². The van der Waals surface area contributed by atoms with E-state index in [1.165, 1.54) is 0 Å². The molecule has 1 aliphatic rings. The second kappa shape index (κ2) is 26.1. The summed E-state index contributed by atoms with van der Waals surface area (Å²) in [5.41, 5.74) is 0. The van der Waals surface area contributed by atoms with E-state index in [2.05, 4.69) is 52.6 Å². The van der Waals surface area contributed by atoms with Gasteiger partial charge in [-0.05, 0) is 76.0 Å². The fourth-order valence-corrected chi connectivity index (χ4v) is 5.37. The summed E-state index contributed by atoms with van der Waals surface area (Å²) in [6.07, 6.45) is 3.05. The molecule has 0 saturated carbocycles. The van der Waals surface area contributed by atoms with Gasteiger partial charge >= 0.3 is 5.97 Å². The highest BCUT2D eigenvalue weighted by molar-refractivity contribution is 7.79. The zero-order valence-electron chi connectivity index (χ0n) is 29.2. The number of ether oxygens (including phenoxy) is 2. The summed E-state index contributed by atoms with van der Waals surface area (Å²) in [4.78, 5) is 12.7. The minimum atomic E-state index is -0.515. The monoisotopic (exact) mass is 610 g/mol. The molecule has 0 bridgehead atoms. The smallest absolute Gasteiger partial charge is 0.309 e. The normalized spacial score (nSPS) is 31.9. The lowest BCUT2D eigenvalue weighted by Gasteiger charge is -2.36. The molecule has 41 heavy (non-hydrogen) atoms. The molecule has 12 atom stereocenters. The van der Waals surface area contributed by atoms with Crippen LogP contribution in [0.15, 0.2) is 0 Å². The first-order valence-electron chi connectivity index (χ1n) is 16.2. The molecule has 0 spiro atoms. The maximum absolute atomic E-state index is 12.7. The summed E-state index contributed by atoms with van der Waals surface area (Å²) < 4.78 is 11.0. The predicted octanol–water partition coefficient (Wildman–Crippen LogP) is 6.37. The molecule has 1 aliphatic heterocycles. The van der Waals surface area contributed by atoms with Crippen molar-refractivity contribution in [3.8, 4) is 0 Å². The highest BCUT2D eigenvalue weighted by Crippen LogP contribution is 2.36. The van der Waals surface area contributed by atoms with Crippen molar-refractivity contribution < 1.29 is 29.6 Å². The number of thiol groups is 1. The standard InChI is InChI=1S/C21H40O4.C9H21NO2.C2H6.CH4S/c1-8-18(22)10-19-11-20(23)13(3)9-12(2)14(4)15(5)16(6)17(7)21(24)25-19;1-5-8(10-4)9(11)7(3)12-6-2;2*1-2/h12-20,22-23H,8-11H2,1-7H3;7-11H,5-6H2,1-4H3;1-2H3;2H,1H3/t12?,13?,14?,15?,16?,17-,18-,19?,20?;;;/m1.../s1. The topological polar surface area (TPSA) is 108 Å². The lowest BCUT2D eigenvalue weighted by atomic mass is 9.71. The van der Waals surface area contributed by atoms with Gasteiger partial charge in [-0.25, -0.2) is 0 Å². The third-order valence-corrected chi connectivity index (χ3v) is 9.04. The Bertz CT molecular complexity index is 608. The molecule has 10 unspecified atom stereocenters. The molecule has 4 N–H and O–H groups in total. The third-order valence-electron chi connectivity index (χ3n) is 9.04. The van der Waals surface area contributed by atoms with E-state index >= 15 is 0 Å². The van der Waals surface area contributed by atoms with Gasteiger partial charge in [0.2, 0.25) is 0 Å². The molecular formula is C33H71NO6S. The molecular weight excluding hydrogens is 538 g/mol. The van der Waals surface area contributed by atoms with Gasteiger partial charge in [0.15, 0.2) is 0 Å². The van der Waals surface area contributed by atoms with Crippen LogP contribution in [0, 0.1) is 35.5 Å². The van der Waals surface area contributed by atoms with Crippen LogP contribution in [0.4, 0.5) is 0 Å². The van der Waals surface area contributed by atoms with E-state index < -0.39 is 24.4 Å². The van der Waals surface area contributed by atoms with Gasteiger partial charge in [0.1, 0.15) is 6.10 Å². The van der Waals surface area contributed by atoms with Gasteiger partial charge in [0, 0.05) is 25.5 Å². The van der Waals surface area contributed by atoms with Gasteiger partial charge in [-0.2, -0.15) is 12.6 Å². The van der Waals surface area contributed by atoms with Crippen molar-refractivity contribution in [2.24, 2.45) is 35.5 Å². The highest BCUT2D eigenvalue weighted by atomic mass is 32.1. The second-order valence-electron chi connectivity index (χ2n) is 11.7. The van der Waals surface area contributed by atoms with E-state index in [1.54, 1.807) is 6.26 Å². The van der Waals surface area contributed by atoms with Crippen molar-refractivity contribution in [2.75, 3.05) is 19.9 Å². The van der Waals surface area contributed by atoms with Crippen LogP contribution in [-0.2, 0) is 14.3 Å². The van der Waals surface area contributed by atoms with Crippen molar-refractivity contribution in [1.82, 2.24) is 5.32 Å². The number of hydrogen-bond acceptors (Lipinski definition) is 8. The number of aliphatic hydroxyl groups is 3. The second-order valence-corrected chi connectivity index (χ2v) is 11.7. The summed E-state index contributed by atoms with van der Waals surface area (Å²) in [7, 11) is 1.86. The predicted molar refractivity (Wildman–Crippen MR) is 178 cm³/mol. The van der Waals surface area contributed by atoms with Gasteiger partial charge < -0.3 is 30.1 Å². The number of cyclic esters (lactones) is 1. The number of nitrogens with one attached hydrogen (secondary N) is 1. The molecule has 8 heteroatoms. The minimum absolute atomic E-state index is 0.0904. The van der Waals surface area contributed by atoms with E-state index in [4.69, 9.17) is 9.47 Å². The number of rotatable bonds is 9. The molecule has 1 fully saturated rings. The average molecular weight is 610 g/mol. The molecule has 0 radical (unpaired) electrons. The number of likely N-dealkylation sites (N-methyl/N-ethyl adjacent to an activating group) is 1. The van der Waals surface area contributed by atoms with Crippen LogP contribution in [-0.4, -0.2) is 77.8 Å². The van der Waals surface area contributed by atoms with Crippen LogP contribution < -0.4 is 5.32 Å². The van der Waals surface area contributed by atoms with Crippen LogP contribution in [0.3, 0.4) is 0 Å². The summed E-state index contributed by atoms with van der Waals surface area (Å²) >= 11 is 3.53. The molecule has 1 heterocycles. The Hall–Kier alpha value is -0.380. The van der Waals surface area contributed by atoms with Crippen molar-refractivity contribution >= 4 is 18.6 Å². The SMILES string of the molecule is CC.CCOC(C)C(O)C(CC)NC.CC[C@@H](O)CC1CC(O)C(C)CC(C)C(C)C(C)C(C)[C@@H](C)C(=O)O1.CS. The Balaban J connectivity index is -0.000000757. The fraction of sp³-hybridized carbons (Fsp3) is 0.970. The molecule has 0 amide bonds. The minimum Gasteiger partial charge on any atom is -0.462 e. The van der Waals surface area contributed by atoms with Gasteiger partial charge in [-0.1, -0.05) is 69.2 Å². The zero-order chi connectivity index (χ0) is 32.9. The molecule has 0 aromatic rings. The summed E-state index contributed by atoms with van der Waals surface area (Å²) in [5, 5.41) is 33.4. The summed E-state index contributed by atoms with van der Waals surface area (Å²) in [6, 6.07) is 0.131. The van der Waals surface area contributed by atoms with Crippen molar-refractivity contribution in [3.63, 3.8) is 0 Å². The van der Waals surface area contributed by atoms with E-state index in [9.17, 15) is 20.1 Å². The molecule has 0 aliphatic carbocycles. The average Bonchev–Trinajstić information content (AvgIpc) is 2.97. The Morgan fingerprint density at radius 3 is 1.90 bits per heavy atom. The van der Waals surface area contributed by atoms with E-state index in [-0.39, 0.29) is 35.9 Å². The van der Waals surface area contributed by atoms with Crippen LogP contribution in [0.2, 0.25) is 0 Å². The van der Waals surface area contributed by atoms with Crippen LogP contribution in [0.25, 0.3) is 0 Å². The largest absolute Gasteiger partial charge is 0.462 e. The molecule has 250 valence electrons. The Morgan fingerprint density at radius 1 is 0.927 bits per heavy atom. The van der Waals surface area contributed by atoms with Crippen LogP contribution in [0.1, 0.15) is 115 Å². The number of carbonyl (C=O) groups excluding carboxylic acids is 1. The lowest BCUT2D eigenvalue weighted by Crippen LogP contribution is -2.44. The summed E-state index contributed by atoms with van der Waals surface area (Å²) in [5.74, 6) is 1.38. The molecule has 7 nitrogen and oxygen atoms in total. The van der Waals surface area contributed by atoms with Crippen molar-refractivity contribution in [3.05, 3.63) is 0 Å². The maximum atomic E-state index is 12.7. The number of esters is 1. The van der Waals surface area contributed by atoms with Gasteiger partial charge in [0.25, 0.3) is 0 Å². The van der Waals surface area contributed by atoms with Crippen LogP contribution in [0.5, 0.6) is 0 Å². The van der Waals surface area contributed by atoms with Gasteiger partial charge in [-0.3, -0.25) is 4.79 Å². The lowest BCUT2D eigenvalue weighted by molar-refractivity contribution is -0.160. The molecule has 1 rings (SSSR count).